The Hall–Kier alpha value is -0.580. The van der Waals surface area contributed by atoms with E-state index in [2.05, 4.69) is 0 Å². The number of ether oxygens (including phenoxy) is 1. The van der Waals surface area contributed by atoms with Crippen molar-refractivity contribution < 1.29 is 22.7 Å². The maximum Gasteiger partial charge on any atom is 0.389 e. The first-order valence-electron chi connectivity index (χ1n) is 5.20. The van der Waals surface area contributed by atoms with Crippen LogP contribution >= 0.6 is 0 Å². The summed E-state index contributed by atoms with van der Waals surface area (Å²) in [5.41, 5.74) is 0. The Morgan fingerprint density at radius 2 is 2.07 bits per heavy atom. The van der Waals surface area contributed by atoms with E-state index in [4.69, 9.17) is 4.74 Å². The summed E-state index contributed by atoms with van der Waals surface area (Å²) < 4.78 is 41.2. The van der Waals surface area contributed by atoms with Crippen LogP contribution in [0.5, 0.6) is 0 Å². The smallest absolute Gasteiger partial charge is 0.374 e. The van der Waals surface area contributed by atoms with E-state index >= 15 is 0 Å². The topological polar surface area (TPSA) is 26.3 Å². The lowest BCUT2D eigenvalue weighted by Crippen LogP contribution is -2.26. The highest BCUT2D eigenvalue weighted by atomic mass is 19.4. The number of halogens is 3. The minimum absolute atomic E-state index is 0.101. The van der Waals surface area contributed by atoms with Gasteiger partial charge in [-0.15, -0.1) is 0 Å². The Morgan fingerprint density at radius 1 is 1.33 bits per heavy atom. The zero-order valence-electron chi connectivity index (χ0n) is 8.22. The average molecular weight is 222 g/mol. The van der Waals surface area contributed by atoms with E-state index in [9.17, 15) is 18.0 Å². The minimum atomic E-state index is -4.23. The molecule has 86 valence electrons. The van der Waals surface area contributed by atoms with Crippen LogP contribution in [0.3, 0.4) is 0 Å². The van der Waals surface area contributed by atoms with Crippen LogP contribution in [-0.4, -0.2) is 24.2 Å². The number of alkyl halides is 3. The molecule has 5 heteroatoms. The van der Waals surface area contributed by atoms with Crippen LogP contribution in [0.2, 0.25) is 0 Å². The van der Waals surface area contributed by atoms with E-state index in [1.54, 1.807) is 0 Å². The predicted octanol–water partition coefficient (Wildman–Crippen LogP) is 2.47. The van der Waals surface area contributed by atoms with Crippen molar-refractivity contribution in [2.75, 3.05) is 0 Å². The quantitative estimate of drug-likeness (QED) is 0.733. The molecule has 0 aromatic rings. The van der Waals surface area contributed by atoms with Crippen molar-refractivity contribution in [3.05, 3.63) is 0 Å². The molecule has 0 spiro atoms. The van der Waals surface area contributed by atoms with Crippen molar-refractivity contribution in [2.24, 2.45) is 5.92 Å². The zero-order valence-corrected chi connectivity index (χ0v) is 8.22. The third-order valence-electron chi connectivity index (χ3n) is 3.17. The lowest BCUT2D eigenvalue weighted by molar-refractivity contribution is -0.145. The largest absolute Gasteiger partial charge is 0.389 e. The fourth-order valence-corrected chi connectivity index (χ4v) is 2.43. The molecule has 2 heterocycles. The Kier molecular flexibility index (Phi) is 2.75. The van der Waals surface area contributed by atoms with E-state index in [1.807, 2.05) is 0 Å². The second-order valence-corrected chi connectivity index (χ2v) is 4.30. The summed E-state index contributed by atoms with van der Waals surface area (Å²) in [6, 6.07) is 0. The molecule has 2 rings (SSSR count). The number of carbonyl (C=O) groups excluding carboxylic acids is 1. The molecule has 0 amide bonds. The molecule has 0 N–H and O–H groups in total. The molecular weight excluding hydrogens is 209 g/mol. The van der Waals surface area contributed by atoms with Crippen molar-refractivity contribution in [2.45, 2.75) is 50.5 Å². The third-order valence-corrected chi connectivity index (χ3v) is 3.17. The summed E-state index contributed by atoms with van der Waals surface area (Å²) in [6.45, 7) is 0. The van der Waals surface area contributed by atoms with Crippen molar-refractivity contribution in [1.82, 2.24) is 0 Å². The predicted molar refractivity (Wildman–Crippen MR) is 46.3 cm³/mol. The van der Waals surface area contributed by atoms with Crippen LogP contribution in [0.1, 0.15) is 32.1 Å². The number of Topliss-reactive ketones (excluding diaryl/α,β-unsaturated/α-hetero) is 1. The maximum absolute atomic E-state index is 11.9. The molecule has 0 aromatic carbocycles. The molecular formula is C10H13F3O2. The fraction of sp³-hybridized carbons (Fsp3) is 0.900. The van der Waals surface area contributed by atoms with Crippen LogP contribution in [-0.2, 0) is 9.53 Å². The van der Waals surface area contributed by atoms with Gasteiger partial charge in [0, 0.05) is 12.3 Å². The molecule has 0 radical (unpaired) electrons. The van der Waals surface area contributed by atoms with Gasteiger partial charge in [-0.2, -0.15) is 13.2 Å². The Bertz CT molecular complexity index is 262. The van der Waals surface area contributed by atoms with Crippen LogP contribution in [0, 0.1) is 5.92 Å². The summed E-state index contributed by atoms with van der Waals surface area (Å²) in [7, 11) is 0. The first-order chi connectivity index (χ1) is 6.96. The lowest BCUT2D eigenvalue weighted by atomic mass is 9.85. The van der Waals surface area contributed by atoms with Gasteiger partial charge in [-0.25, -0.2) is 0 Å². The van der Waals surface area contributed by atoms with E-state index in [1.165, 1.54) is 0 Å². The Morgan fingerprint density at radius 3 is 2.53 bits per heavy atom. The fourth-order valence-electron chi connectivity index (χ4n) is 2.43. The normalized spacial score (nSPS) is 34.7. The molecule has 2 saturated heterocycles. The monoisotopic (exact) mass is 222 g/mol. The zero-order chi connectivity index (χ0) is 11.1. The van der Waals surface area contributed by atoms with Crippen LogP contribution in [0.4, 0.5) is 13.2 Å². The van der Waals surface area contributed by atoms with Crippen molar-refractivity contribution in [3.8, 4) is 0 Å². The summed E-state index contributed by atoms with van der Waals surface area (Å²) in [5.74, 6) is -0.550. The summed E-state index contributed by atoms with van der Waals surface area (Å²) in [4.78, 5) is 11.5. The first-order valence-corrected chi connectivity index (χ1v) is 5.20. The second kappa shape index (κ2) is 3.77. The van der Waals surface area contributed by atoms with Gasteiger partial charge >= 0.3 is 6.18 Å². The minimum Gasteiger partial charge on any atom is -0.374 e. The molecule has 2 aliphatic heterocycles. The first kappa shape index (κ1) is 10.9. The van der Waals surface area contributed by atoms with Gasteiger partial charge < -0.3 is 4.74 Å². The number of fused-ring (bicyclic) bond motifs is 2. The van der Waals surface area contributed by atoms with Crippen LogP contribution < -0.4 is 0 Å². The Balaban J connectivity index is 1.82. The van der Waals surface area contributed by atoms with Gasteiger partial charge in [0.15, 0.2) is 0 Å². The van der Waals surface area contributed by atoms with E-state index < -0.39 is 12.6 Å². The van der Waals surface area contributed by atoms with E-state index in [0.29, 0.717) is 6.42 Å². The number of hydrogen-bond acceptors (Lipinski definition) is 2. The molecule has 3 unspecified atom stereocenters. The summed E-state index contributed by atoms with van der Waals surface area (Å²) in [6.07, 6.45) is -3.19. The maximum atomic E-state index is 11.9. The number of ketones is 1. The number of rotatable bonds is 3. The van der Waals surface area contributed by atoms with Gasteiger partial charge in [0.05, 0.1) is 18.6 Å². The van der Waals surface area contributed by atoms with Gasteiger partial charge in [0.25, 0.3) is 0 Å². The van der Waals surface area contributed by atoms with Gasteiger partial charge in [0.1, 0.15) is 5.78 Å². The molecule has 0 aromatic heterocycles. The van der Waals surface area contributed by atoms with E-state index in [-0.39, 0.29) is 30.3 Å². The molecule has 2 bridgehead atoms. The summed E-state index contributed by atoms with van der Waals surface area (Å²) in [5, 5.41) is 0. The second-order valence-electron chi connectivity index (χ2n) is 4.30. The molecule has 15 heavy (non-hydrogen) atoms. The van der Waals surface area contributed by atoms with Crippen molar-refractivity contribution in [1.29, 1.82) is 0 Å². The van der Waals surface area contributed by atoms with Gasteiger partial charge in [-0.3, -0.25) is 4.79 Å². The highest BCUT2D eigenvalue weighted by Crippen LogP contribution is 2.40. The third kappa shape index (κ3) is 2.51. The Labute approximate surface area is 85.8 Å². The average Bonchev–Trinajstić information content (AvgIpc) is 2.73. The van der Waals surface area contributed by atoms with Gasteiger partial charge in [0.2, 0.25) is 0 Å². The SMILES string of the molecule is O=C(CCC(F)(F)F)C1CC2CCC1O2. The molecule has 2 fully saturated rings. The number of hydrogen-bond donors (Lipinski definition) is 0. The molecule has 0 aliphatic carbocycles. The number of carbonyl (C=O) groups is 1. The van der Waals surface area contributed by atoms with Crippen molar-refractivity contribution >= 4 is 5.78 Å². The molecule has 2 nitrogen and oxygen atoms in total. The summed E-state index contributed by atoms with van der Waals surface area (Å²) >= 11 is 0. The van der Waals surface area contributed by atoms with Crippen LogP contribution in [0.25, 0.3) is 0 Å². The van der Waals surface area contributed by atoms with Gasteiger partial charge in [-0.1, -0.05) is 0 Å². The highest BCUT2D eigenvalue weighted by Gasteiger charge is 2.44. The highest BCUT2D eigenvalue weighted by molar-refractivity contribution is 5.82. The molecule has 2 aliphatic rings. The van der Waals surface area contributed by atoms with Gasteiger partial charge in [-0.05, 0) is 19.3 Å². The molecule has 0 saturated carbocycles. The molecule has 3 atom stereocenters. The lowest BCUT2D eigenvalue weighted by Gasteiger charge is -2.17. The standard InChI is InChI=1S/C10H13F3O2/c11-10(12,13)4-3-8(14)7-5-6-1-2-9(7)15-6/h6-7,9H,1-5H2. The van der Waals surface area contributed by atoms with E-state index in [0.717, 1.165) is 12.8 Å². The van der Waals surface area contributed by atoms with Crippen molar-refractivity contribution in [3.63, 3.8) is 0 Å². The van der Waals surface area contributed by atoms with Crippen LogP contribution in [0.15, 0.2) is 0 Å².